The summed E-state index contributed by atoms with van der Waals surface area (Å²) in [5.41, 5.74) is 1.61. The van der Waals surface area contributed by atoms with Gasteiger partial charge in [-0.3, -0.25) is 5.57 Å². The van der Waals surface area contributed by atoms with Crippen LogP contribution in [0.4, 0.5) is 0 Å². The Morgan fingerprint density at radius 2 is 1.91 bits per heavy atom. The summed E-state index contributed by atoms with van der Waals surface area (Å²) >= 11 is 0. The van der Waals surface area contributed by atoms with Gasteiger partial charge in [0, 0.05) is 0 Å². The molecule has 0 aliphatic heterocycles. The fourth-order valence-electron chi connectivity index (χ4n) is 1.42. The molecule has 0 N–H and O–H groups in total. The Bertz CT molecular complexity index is 108. The van der Waals surface area contributed by atoms with Crippen LogP contribution >= 0.6 is 0 Å². The summed E-state index contributed by atoms with van der Waals surface area (Å²) in [6.45, 7) is 2.24. The number of hydrogen-bond donors (Lipinski definition) is 0. The van der Waals surface area contributed by atoms with E-state index in [4.69, 9.17) is 0 Å². The molecule has 0 radical (unpaired) electrons. The van der Waals surface area contributed by atoms with Crippen molar-refractivity contribution in [1.29, 1.82) is 0 Å². The van der Waals surface area contributed by atoms with E-state index >= 15 is 0 Å². The molecule has 0 heterocycles. The van der Waals surface area contributed by atoms with E-state index in [1.54, 1.807) is 5.57 Å². The van der Waals surface area contributed by atoms with Crippen LogP contribution in [0.1, 0.15) is 51.9 Å². The SMILES string of the molecule is CCCC[C-]=C1CCCC1.[Li+]. The molecule has 0 bridgehead atoms. The predicted molar refractivity (Wildman–Crippen MR) is 44.7 cm³/mol. The van der Waals surface area contributed by atoms with Gasteiger partial charge in [-0.2, -0.15) is 6.42 Å². The smallest absolute Gasteiger partial charge is 0.497 e. The molecule has 1 rings (SSSR count). The van der Waals surface area contributed by atoms with Gasteiger partial charge in [0.05, 0.1) is 0 Å². The Hall–Kier alpha value is 0.337. The average Bonchev–Trinajstić information content (AvgIpc) is 2.41. The van der Waals surface area contributed by atoms with E-state index in [0.29, 0.717) is 0 Å². The molecule has 1 aliphatic rings. The van der Waals surface area contributed by atoms with Crippen molar-refractivity contribution in [3.63, 3.8) is 0 Å². The molecule has 0 unspecified atom stereocenters. The van der Waals surface area contributed by atoms with Crippen molar-refractivity contribution < 1.29 is 18.9 Å². The first-order chi connectivity index (χ1) is 4.93. The first kappa shape index (κ1) is 11.3. The molecule has 0 amide bonds. The van der Waals surface area contributed by atoms with Crippen LogP contribution in [-0.4, -0.2) is 0 Å². The molecule has 11 heavy (non-hydrogen) atoms. The van der Waals surface area contributed by atoms with Crippen LogP contribution in [0, 0.1) is 6.08 Å². The first-order valence-electron chi connectivity index (χ1n) is 4.52. The Morgan fingerprint density at radius 1 is 1.27 bits per heavy atom. The summed E-state index contributed by atoms with van der Waals surface area (Å²) in [5, 5.41) is 0. The standard InChI is InChI=1S/C10H17.Li/c1-2-3-4-7-10-8-5-6-9-10;/h2-6,8-9H2,1H3;/q-1;+1. The Morgan fingerprint density at radius 3 is 2.45 bits per heavy atom. The Kier molecular flexibility index (Phi) is 7.23. The van der Waals surface area contributed by atoms with Crippen LogP contribution in [-0.2, 0) is 0 Å². The zero-order valence-corrected chi connectivity index (χ0v) is 7.95. The summed E-state index contributed by atoms with van der Waals surface area (Å²) < 4.78 is 0. The molecule has 0 atom stereocenters. The molecular formula is C10H17Li. The van der Waals surface area contributed by atoms with Gasteiger partial charge >= 0.3 is 18.9 Å². The number of rotatable bonds is 3. The molecule has 1 saturated carbocycles. The minimum atomic E-state index is 0. The van der Waals surface area contributed by atoms with Crippen molar-refractivity contribution in [2.45, 2.75) is 51.9 Å². The summed E-state index contributed by atoms with van der Waals surface area (Å²) in [6, 6.07) is 0. The van der Waals surface area contributed by atoms with Gasteiger partial charge in [0.1, 0.15) is 0 Å². The van der Waals surface area contributed by atoms with Crippen molar-refractivity contribution in [3.05, 3.63) is 11.6 Å². The normalized spacial score (nSPS) is 16.3. The van der Waals surface area contributed by atoms with Crippen LogP contribution in [0.15, 0.2) is 5.57 Å². The second-order valence-electron chi connectivity index (χ2n) is 3.09. The molecule has 1 fully saturated rings. The van der Waals surface area contributed by atoms with E-state index in [9.17, 15) is 0 Å². The van der Waals surface area contributed by atoms with Gasteiger partial charge in [0.15, 0.2) is 0 Å². The van der Waals surface area contributed by atoms with Crippen molar-refractivity contribution in [3.8, 4) is 0 Å². The van der Waals surface area contributed by atoms with E-state index in [0.717, 1.165) is 0 Å². The van der Waals surface area contributed by atoms with E-state index < -0.39 is 0 Å². The molecule has 0 saturated heterocycles. The number of unbranched alkanes of at least 4 members (excludes halogenated alkanes) is 2. The van der Waals surface area contributed by atoms with Crippen LogP contribution in [0.5, 0.6) is 0 Å². The fraction of sp³-hybridized carbons (Fsp3) is 0.800. The maximum atomic E-state index is 3.50. The van der Waals surface area contributed by atoms with E-state index in [-0.39, 0.29) is 18.9 Å². The average molecular weight is 144 g/mol. The van der Waals surface area contributed by atoms with Crippen LogP contribution in [0.25, 0.3) is 0 Å². The monoisotopic (exact) mass is 144 g/mol. The molecule has 0 aromatic carbocycles. The maximum absolute atomic E-state index is 3.50. The number of allylic oxidation sites excluding steroid dienone is 2. The van der Waals surface area contributed by atoms with E-state index in [1.165, 1.54) is 44.9 Å². The molecule has 1 aliphatic carbocycles. The van der Waals surface area contributed by atoms with Crippen molar-refractivity contribution in [1.82, 2.24) is 0 Å². The van der Waals surface area contributed by atoms with Crippen molar-refractivity contribution >= 4 is 0 Å². The Labute approximate surface area is 82.6 Å². The summed E-state index contributed by atoms with van der Waals surface area (Å²) in [7, 11) is 0. The first-order valence-corrected chi connectivity index (χ1v) is 4.52. The third-order valence-corrected chi connectivity index (χ3v) is 2.11. The van der Waals surface area contributed by atoms with Gasteiger partial charge in [-0.05, 0) is 0 Å². The molecular weight excluding hydrogens is 127 g/mol. The van der Waals surface area contributed by atoms with Gasteiger partial charge in [-0.25, -0.2) is 0 Å². The topological polar surface area (TPSA) is 0 Å². The maximum Gasteiger partial charge on any atom is 1.00 e. The third-order valence-electron chi connectivity index (χ3n) is 2.11. The molecule has 0 spiro atoms. The Balaban J connectivity index is 0.000001000. The number of hydrogen-bond acceptors (Lipinski definition) is 0. The van der Waals surface area contributed by atoms with Crippen LogP contribution in [0.3, 0.4) is 0 Å². The van der Waals surface area contributed by atoms with Gasteiger partial charge in [-0.1, -0.05) is 45.4 Å². The van der Waals surface area contributed by atoms with Crippen molar-refractivity contribution in [2.75, 3.05) is 0 Å². The zero-order chi connectivity index (χ0) is 7.23. The van der Waals surface area contributed by atoms with Crippen molar-refractivity contribution in [2.24, 2.45) is 0 Å². The second kappa shape index (κ2) is 7.01. The van der Waals surface area contributed by atoms with Gasteiger partial charge in [0.25, 0.3) is 0 Å². The quantitative estimate of drug-likeness (QED) is 0.307. The summed E-state index contributed by atoms with van der Waals surface area (Å²) in [6.07, 6.45) is 12.8. The summed E-state index contributed by atoms with van der Waals surface area (Å²) in [4.78, 5) is 0. The van der Waals surface area contributed by atoms with Gasteiger partial charge in [-0.15, -0.1) is 0 Å². The molecule has 1 heteroatoms. The molecule has 0 aromatic heterocycles. The van der Waals surface area contributed by atoms with E-state index in [2.05, 4.69) is 13.0 Å². The van der Waals surface area contributed by atoms with Gasteiger partial charge < -0.3 is 6.08 Å². The van der Waals surface area contributed by atoms with Crippen LogP contribution in [0.2, 0.25) is 0 Å². The van der Waals surface area contributed by atoms with Gasteiger partial charge in [0.2, 0.25) is 0 Å². The molecule has 0 nitrogen and oxygen atoms in total. The predicted octanol–water partition coefficient (Wildman–Crippen LogP) is 0.484. The largest absolute Gasteiger partial charge is 1.00 e. The molecule has 0 aromatic rings. The molecule has 58 valence electrons. The minimum Gasteiger partial charge on any atom is -0.497 e. The second-order valence-corrected chi connectivity index (χ2v) is 3.09. The zero-order valence-electron chi connectivity index (χ0n) is 7.95. The fourth-order valence-corrected chi connectivity index (χ4v) is 1.42. The third kappa shape index (κ3) is 4.72. The summed E-state index contributed by atoms with van der Waals surface area (Å²) in [5.74, 6) is 0. The van der Waals surface area contributed by atoms with Crippen LogP contribution < -0.4 is 18.9 Å². The van der Waals surface area contributed by atoms with E-state index in [1.807, 2.05) is 0 Å². The minimum absolute atomic E-state index is 0.